The third-order valence-electron chi connectivity index (χ3n) is 3.30. The normalized spacial score (nSPS) is 11.0. The summed E-state index contributed by atoms with van der Waals surface area (Å²) in [6, 6.07) is 10.5. The number of hydrogen-bond donors (Lipinski definition) is 0. The Labute approximate surface area is 114 Å². The number of likely N-dealkylation sites (N-methyl/N-ethyl adjacent to an activating group) is 1. The predicted molar refractivity (Wildman–Crippen MR) is 79.3 cm³/mol. The fourth-order valence-electron chi connectivity index (χ4n) is 2.23. The van der Waals surface area contributed by atoms with Gasteiger partial charge in [0.15, 0.2) is 11.5 Å². The molecule has 0 bridgehead atoms. The minimum absolute atomic E-state index is 0.778. The molecule has 2 aromatic rings. The van der Waals surface area contributed by atoms with Crippen molar-refractivity contribution in [3.63, 3.8) is 0 Å². The van der Waals surface area contributed by atoms with Crippen molar-refractivity contribution in [3.8, 4) is 11.5 Å². The molecule has 0 spiro atoms. The monoisotopic (exact) mass is 259 g/mol. The summed E-state index contributed by atoms with van der Waals surface area (Å²) in [4.78, 5) is 2.19. The summed E-state index contributed by atoms with van der Waals surface area (Å²) < 4.78 is 10.7. The first-order valence-electron chi connectivity index (χ1n) is 6.44. The molecule has 0 saturated carbocycles. The summed E-state index contributed by atoms with van der Waals surface area (Å²) in [5, 5.41) is 2.43. The van der Waals surface area contributed by atoms with Crippen LogP contribution in [0.2, 0.25) is 0 Å². The molecule has 0 fully saturated rings. The molecule has 19 heavy (non-hydrogen) atoms. The minimum Gasteiger partial charge on any atom is -0.493 e. The molecule has 0 aromatic heterocycles. The molecule has 0 aliphatic heterocycles. The largest absolute Gasteiger partial charge is 0.493 e. The molecule has 0 atom stereocenters. The number of hydrogen-bond acceptors (Lipinski definition) is 3. The summed E-state index contributed by atoms with van der Waals surface area (Å²) >= 11 is 0. The van der Waals surface area contributed by atoms with Gasteiger partial charge < -0.3 is 14.4 Å². The van der Waals surface area contributed by atoms with Crippen LogP contribution in [0.25, 0.3) is 10.8 Å². The highest BCUT2D eigenvalue weighted by molar-refractivity contribution is 5.89. The first-order valence-corrected chi connectivity index (χ1v) is 6.44. The maximum atomic E-state index is 5.39. The van der Waals surface area contributed by atoms with Crippen LogP contribution in [0, 0.1) is 0 Å². The highest BCUT2D eigenvalue weighted by atomic mass is 16.5. The molecule has 0 saturated heterocycles. The van der Waals surface area contributed by atoms with Gasteiger partial charge in [-0.25, -0.2) is 0 Å². The minimum atomic E-state index is 0.778. The van der Waals surface area contributed by atoms with Crippen molar-refractivity contribution in [1.29, 1.82) is 0 Å². The SMILES string of the molecule is COc1cc2cccc(CCN(C)C)c2cc1OC. The van der Waals surface area contributed by atoms with Crippen LogP contribution < -0.4 is 9.47 Å². The molecule has 3 heteroatoms. The van der Waals surface area contributed by atoms with Crippen molar-refractivity contribution < 1.29 is 9.47 Å². The molecule has 0 N–H and O–H groups in total. The Morgan fingerprint density at radius 2 is 1.68 bits per heavy atom. The molecular weight excluding hydrogens is 238 g/mol. The number of rotatable bonds is 5. The van der Waals surface area contributed by atoms with Crippen LogP contribution in [0.1, 0.15) is 5.56 Å². The Bertz CT molecular complexity index is 564. The third kappa shape index (κ3) is 2.99. The van der Waals surface area contributed by atoms with Gasteiger partial charge in [0.1, 0.15) is 0 Å². The van der Waals surface area contributed by atoms with E-state index in [1.165, 1.54) is 16.3 Å². The van der Waals surface area contributed by atoms with Gasteiger partial charge in [-0.2, -0.15) is 0 Å². The second-order valence-corrected chi connectivity index (χ2v) is 4.90. The summed E-state index contributed by atoms with van der Waals surface area (Å²) in [6.07, 6.45) is 1.03. The van der Waals surface area contributed by atoms with E-state index in [0.29, 0.717) is 0 Å². The molecule has 2 rings (SSSR count). The van der Waals surface area contributed by atoms with Gasteiger partial charge in [0.25, 0.3) is 0 Å². The van der Waals surface area contributed by atoms with E-state index in [2.05, 4.69) is 43.3 Å². The van der Waals surface area contributed by atoms with Gasteiger partial charge in [-0.05, 0) is 49.0 Å². The summed E-state index contributed by atoms with van der Waals surface area (Å²) in [5.41, 5.74) is 1.34. The van der Waals surface area contributed by atoms with Crippen molar-refractivity contribution in [3.05, 3.63) is 35.9 Å². The zero-order valence-electron chi connectivity index (χ0n) is 12.1. The summed E-state index contributed by atoms with van der Waals surface area (Å²) in [5.74, 6) is 1.56. The van der Waals surface area contributed by atoms with E-state index in [4.69, 9.17) is 9.47 Å². The van der Waals surface area contributed by atoms with Crippen LogP contribution in [0.4, 0.5) is 0 Å². The Hall–Kier alpha value is -1.74. The van der Waals surface area contributed by atoms with Crippen LogP contribution in [-0.2, 0) is 6.42 Å². The molecule has 0 unspecified atom stereocenters. The number of ether oxygens (including phenoxy) is 2. The first kappa shape index (κ1) is 13.7. The van der Waals surface area contributed by atoms with E-state index in [9.17, 15) is 0 Å². The highest BCUT2D eigenvalue weighted by Crippen LogP contribution is 2.33. The molecular formula is C16H21NO2. The zero-order valence-corrected chi connectivity index (χ0v) is 12.1. The van der Waals surface area contributed by atoms with E-state index < -0.39 is 0 Å². The molecule has 0 aliphatic rings. The summed E-state index contributed by atoms with van der Waals surface area (Å²) in [6.45, 7) is 1.04. The van der Waals surface area contributed by atoms with Crippen LogP contribution in [0.3, 0.4) is 0 Å². The molecule has 0 heterocycles. The fraction of sp³-hybridized carbons (Fsp3) is 0.375. The van der Waals surface area contributed by atoms with Crippen LogP contribution in [0.15, 0.2) is 30.3 Å². The lowest BCUT2D eigenvalue weighted by Gasteiger charge is -2.14. The molecule has 102 valence electrons. The highest BCUT2D eigenvalue weighted by Gasteiger charge is 2.08. The van der Waals surface area contributed by atoms with Crippen molar-refractivity contribution in [2.75, 3.05) is 34.9 Å². The van der Waals surface area contributed by atoms with Gasteiger partial charge in [-0.15, -0.1) is 0 Å². The van der Waals surface area contributed by atoms with Gasteiger partial charge in [-0.1, -0.05) is 18.2 Å². The zero-order chi connectivity index (χ0) is 13.8. The van der Waals surface area contributed by atoms with Gasteiger partial charge in [0, 0.05) is 6.54 Å². The first-order chi connectivity index (χ1) is 9.15. The lowest BCUT2D eigenvalue weighted by Crippen LogP contribution is -2.15. The lowest BCUT2D eigenvalue weighted by molar-refractivity contribution is 0.356. The smallest absolute Gasteiger partial charge is 0.161 e. The second kappa shape index (κ2) is 5.93. The van der Waals surface area contributed by atoms with Crippen LogP contribution >= 0.6 is 0 Å². The maximum Gasteiger partial charge on any atom is 0.161 e. The van der Waals surface area contributed by atoms with Crippen LogP contribution in [-0.4, -0.2) is 39.8 Å². The molecule has 2 aromatic carbocycles. The van der Waals surface area contributed by atoms with E-state index in [1.54, 1.807) is 14.2 Å². The van der Waals surface area contributed by atoms with Gasteiger partial charge >= 0.3 is 0 Å². The van der Waals surface area contributed by atoms with Gasteiger partial charge in [0.2, 0.25) is 0 Å². The number of benzene rings is 2. The van der Waals surface area contributed by atoms with E-state index >= 15 is 0 Å². The molecule has 0 radical (unpaired) electrons. The third-order valence-corrected chi connectivity index (χ3v) is 3.30. The Morgan fingerprint density at radius 3 is 2.32 bits per heavy atom. The standard InChI is InChI=1S/C16H21NO2/c1-17(2)9-8-12-6-5-7-13-10-15(18-3)16(19-4)11-14(12)13/h5-7,10-11H,8-9H2,1-4H3. The van der Waals surface area contributed by atoms with E-state index in [0.717, 1.165) is 24.5 Å². The number of fused-ring (bicyclic) bond motifs is 1. The van der Waals surface area contributed by atoms with E-state index in [-0.39, 0.29) is 0 Å². The Balaban J connectivity index is 2.48. The lowest BCUT2D eigenvalue weighted by atomic mass is 10.0. The molecule has 0 amide bonds. The molecule has 0 aliphatic carbocycles. The van der Waals surface area contributed by atoms with Gasteiger partial charge in [-0.3, -0.25) is 0 Å². The number of methoxy groups -OCH3 is 2. The Morgan fingerprint density at radius 1 is 1.00 bits per heavy atom. The summed E-state index contributed by atoms with van der Waals surface area (Å²) in [7, 11) is 7.52. The topological polar surface area (TPSA) is 21.7 Å². The fourth-order valence-corrected chi connectivity index (χ4v) is 2.23. The van der Waals surface area contributed by atoms with E-state index in [1.807, 2.05) is 6.07 Å². The Kier molecular flexibility index (Phi) is 4.27. The van der Waals surface area contributed by atoms with Crippen LogP contribution in [0.5, 0.6) is 11.5 Å². The van der Waals surface area contributed by atoms with Crippen molar-refractivity contribution in [2.45, 2.75) is 6.42 Å². The average molecular weight is 259 g/mol. The molecule has 3 nitrogen and oxygen atoms in total. The van der Waals surface area contributed by atoms with Crippen molar-refractivity contribution >= 4 is 10.8 Å². The number of nitrogens with zero attached hydrogens (tertiary/aromatic N) is 1. The second-order valence-electron chi connectivity index (χ2n) is 4.90. The maximum absolute atomic E-state index is 5.39. The predicted octanol–water partition coefficient (Wildman–Crippen LogP) is 2.96. The quantitative estimate of drug-likeness (QED) is 0.824. The van der Waals surface area contributed by atoms with Crippen molar-refractivity contribution in [2.24, 2.45) is 0 Å². The van der Waals surface area contributed by atoms with Crippen molar-refractivity contribution in [1.82, 2.24) is 4.90 Å². The average Bonchev–Trinajstić information content (AvgIpc) is 2.43. The van der Waals surface area contributed by atoms with Gasteiger partial charge in [0.05, 0.1) is 14.2 Å².